The lowest BCUT2D eigenvalue weighted by molar-refractivity contribution is 0.731. The smallest absolute Gasteiger partial charge is 0.101 e. The van der Waals surface area contributed by atoms with Crippen molar-refractivity contribution in [2.45, 2.75) is 25.7 Å². The molecule has 1 heterocycles. The van der Waals surface area contributed by atoms with Gasteiger partial charge in [-0.3, -0.25) is 4.99 Å². The molecule has 0 saturated carbocycles. The maximum atomic E-state index is 4.56. The van der Waals surface area contributed by atoms with Crippen molar-refractivity contribution >= 4 is 43.4 Å². The second kappa shape index (κ2) is 5.82. The molecule has 2 nitrogen and oxygen atoms in total. The molecule has 1 aromatic rings. The first-order valence-electron chi connectivity index (χ1n) is 5.51. The molecule has 0 radical (unpaired) electrons. The standard InChI is InChI=1S/C12H14Br2N2/c13-9-5-6-11(10(14)8-9)16-12-4-2-1-3-7-15-12/h5-6,8H,1-4,7H2,(H,15,16). The van der Waals surface area contributed by atoms with Gasteiger partial charge in [0, 0.05) is 21.9 Å². The summed E-state index contributed by atoms with van der Waals surface area (Å²) in [6.45, 7) is 0.955. The molecule has 1 aromatic carbocycles. The Morgan fingerprint density at radius 2 is 2.00 bits per heavy atom. The van der Waals surface area contributed by atoms with Gasteiger partial charge in [-0.05, 0) is 47.0 Å². The van der Waals surface area contributed by atoms with E-state index in [2.05, 4.69) is 48.2 Å². The fourth-order valence-corrected chi connectivity index (χ4v) is 2.87. The first-order chi connectivity index (χ1) is 7.75. The lowest BCUT2D eigenvalue weighted by Gasteiger charge is -2.10. The normalized spacial score (nSPS) is 16.5. The molecule has 0 unspecified atom stereocenters. The highest BCUT2D eigenvalue weighted by molar-refractivity contribution is 9.11. The van der Waals surface area contributed by atoms with Crippen LogP contribution in [0.1, 0.15) is 25.7 Å². The van der Waals surface area contributed by atoms with Crippen LogP contribution in [0.5, 0.6) is 0 Å². The largest absolute Gasteiger partial charge is 0.343 e. The van der Waals surface area contributed by atoms with Crippen LogP contribution in [-0.2, 0) is 0 Å². The number of halogens is 2. The van der Waals surface area contributed by atoms with Crippen LogP contribution >= 0.6 is 31.9 Å². The number of benzene rings is 1. The molecular formula is C12H14Br2N2. The molecule has 0 spiro atoms. The van der Waals surface area contributed by atoms with Crippen molar-refractivity contribution in [1.29, 1.82) is 0 Å². The van der Waals surface area contributed by atoms with Crippen LogP contribution in [0.15, 0.2) is 32.1 Å². The Bertz CT molecular complexity index is 402. The number of rotatable bonds is 1. The van der Waals surface area contributed by atoms with Gasteiger partial charge < -0.3 is 5.32 Å². The van der Waals surface area contributed by atoms with Crippen LogP contribution in [0.2, 0.25) is 0 Å². The molecule has 0 aliphatic carbocycles. The number of anilines is 1. The van der Waals surface area contributed by atoms with Gasteiger partial charge in [0.05, 0.1) is 5.69 Å². The van der Waals surface area contributed by atoms with E-state index in [9.17, 15) is 0 Å². The predicted molar refractivity (Wildman–Crippen MR) is 76.2 cm³/mol. The molecule has 86 valence electrons. The second-order valence-corrected chi connectivity index (χ2v) is 5.66. The van der Waals surface area contributed by atoms with Gasteiger partial charge in [0.2, 0.25) is 0 Å². The summed E-state index contributed by atoms with van der Waals surface area (Å²) in [5, 5.41) is 3.40. The van der Waals surface area contributed by atoms with Crippen molar-refractivity contribution in [2.24, 2.45) is 4.99 Å². The Balaban J connectivity index is 2.10. The summed E-state index contributed by atoms with van der Waals surface area (Å²) in [7, 11) is 0. The zero-order valence-electron chi connectivity index (χ0n) is 8.97. The number of hydrogen-bond donors (Lipinski definition) is 1. The maximum absolute atomic E-state index is 4.56. The maximum Gasteiger partial charge on any atom is 0.101 e. The third-order valence-corrected chi connectivity index (χ3v) is 3.73. The zero-order chi connectivity index (χ0) is 11.4. The molecule has 1 N–H and O–H groups in total. The fourth-order valence-electron chi connectivity index (χ4n) is 1.72. The zero-order valence-corrected chi connectivity index (χ0v) is 12.1. The molecule has 4 heteroatoms. The average Bonchev–Trinajstić information content (AvgIpc) is 2.51. The van der Waals surface area contributed by atoms with Gasteiger partial charge in [0.25, 0.3) is 0 Å². The third kappa shape index (κ3) is 3.32. The SMILES string of the molecule is Brc1ccc(NC2=NCCCCC2)c(Br)c1. The van der Waals surface area contributed by atoms with Crippen LogP contribution in [0, 0.1) is 0 Å². The summed E-state index contributed by atoms with van der Waals surface area (Å²) in [6, 6.07) is 6.13. The third-order valence-electron chi connectivity index (χ3n) is 2.58. The van der Waals surface area contributed by atoms with E-state index in [1.54, 1.807) is 0 Å². The van der Waals surface area contributed by atoms with Gasteiger partial charge in [-0.25, -0.2) is 0 Å². The summed E-state index contributed by atoms with van der Waals surface area (Å²) < 4.78 is 2.14. The van der Waals surface area contributed by atoms with Crippen LogP contribution in [0.3, 0.4) is 0 Å². The van der Waals surface area contributed by atoms with Gasteiger partial charge in [0.15, 0.2) is 0 Å². The van der Waals surface area contributed by atoms with Crippen molar-refractivity contribution < 1.29 is 0 Å². The molecule has 0 amide bonds. The van der Waals surface area contributed by atoms with Crippen molar-refractivity contribution in [3.63, 3.8) is 0 Å². The Morgan fingerprint density at radius 3 is 2.81 bits per heavy atom. The van der Waals surface area contributed by atoms with E-state index in [1.165, 1.54) is 19.3 Å². The monoisotopic (exact) mass is 344 g/mol. The minimum Gasteiger partial charge on any atom is -0.343 e. The van der Waals surface area contributed by atoms with E-state index >= 15 is 0 Å². The number of nitrogens with one attached hydrogen (secondary N) is 1. The van der Waals surface area contributed by atoms with E-state index in [1.807, 2.05) is 12.1 Å². The Labute approximate surface area is 113 Å². The molecule has 0 atom stereocenters. The fraction of sp³-hybridized carbons (Fsp3) is 0.417. The van der Waals surface area contributed by atoms with Crippen LogP contribution in [0.4, 0.5) is 5.69 Å². The van der Waals surface area contributed by atoms with Gasteiger partial charge in [-0.15, -0.1) is 0 Å². The van der Waals surface area contributed by atoms with E-state index in [0.717, 1.165) is 33.4 Å². The molecular weight excluding hydrogens is 332 g/mol. The van der Waals surface area contributed by atoms with Gasteiger partial charge in [-0.1, -0.05) is 22.4 Å². The molecule has 1 aliphatic heterocycles. The van der Waals surface area contributed by atoms with Crippen molar-refractivity contribution in [3.05, 3.63) is 27.1 Å². The number of amidine groups is 1. The number of aliphatic imine (C=N–C) groups is 1. The molecule has 1 aliphatic rings. The summed E-state index contributed by atoms with van der Waals surface area (Å²) in [5.74, 6) is 1.11. The lowest BCUT2D eigenvalue weighted by atomic mass is 10.2. The van der Waals surface area contributed by atoms with E-state index in [4.69, 9.17) is 0 Å². The topological polar surface area (TPSA) is 24.4 Å². The Hall–Kier alpha value is -0.350. The Kier molecular flexibility index (Phi) is 4.41. The van der Waals surface area contributed by atoms with Gasteiger partial charge in [-0.2, -0.15) is 0 Å². The quantitative estimate of drug-likeness (QED) is 0.790. The highest BCUT2D eigenvalue weighted by Gasteiger charge is 2.06. The van der Waals surface area contributed by atoms with Crippen LogP contribution in [-0.4, -0.2) is 12.4 Å². The van der Waals surface area contributed by atoms with E-state index < -0.39 is 0 Å². The Morgan fingerprint density at radius 1 is 1.12 bits per heavy atom. The van der Waals surface area contributed by atoms with Crippen molar-refractivity contribution in [3.8, 4) is 0 Å². The molecule has 0 bridgehead atoms. The summed E-state index contributed by atoms with van der Waals surface area (Å²) in [5.41, 5.74) is 1.09. The molecule has 0 saturated heterocycles. The van der Waals surface area contributed by atoms with Crippen LogP contribution < -0.4 is 5.32 Å². The first-order valence-corrected chi connectivity index (χ1v) is 7.10. The van der Waals surface area contributed by atoms with Crippen molar-refractivity contribution in [1.82, 2.24) is 0 Å². The van der Waals surface area contributed by atoms with Crippen LogP contribution in [0.25, 0.3) is 0 Å². The molecule has 16 heavy (non-hydrogen) atoms. The highest BCUT2D eigenvalue weighted by atomic mass is 79.9. The van der Waals surface area contributed by atoms with Gasteiger partial charge in [0.1, 0.15) is 5.84 Å². The number of hydrogen-bond acceptors (Lipinski definition) is 2. The lowest BCUT2D eigenvalue weighted by Crippen LogP contribution is -2.11. The number of nitrogens with zero attached hydrogens (tertiary/aromatic N) is 1. The minimum absolute atomic E-state index is 0.955. The summed E-state index contributed by atoms with van der Waals surface area (Å²) in [4.78, 5) is 4.56. The second-order valence-electron chi connectivity index (χ2n) is 3.89. The summed E-state index contributed by atoms with van der Waals surface area (Å²) >= 11 is 6.99. The molecule has 2 rings (SSSR count). The minimum atomic E-state index is 0.955. The molecule has 0 fully saturated rings. The average molecular weight is 346 g/mol. The predicted octanol–water partition coefficient (Wildman–Crippen LogP) is 4.60. The van der Waals surface area contributed by atoms with E-state index in [-0.39, 0.29) is 0 Å². The summed E-state index contributed by atoms with van der Waals surface area (Å²) in [6.07, 6.45) is 4.80. The highest BCUT2D eigenvalue weighted by Crippen LogP contribution is 2.26. The molecule has 0 aromatic heterocycles. The van der Waals surface area contributed by atoms with Crippen molar-refractivity contribution in [2.75, 3.05) is 11.9 Å². The van der Waals surface area contributed by atoms with Gasteiger partial charge >= 0.3 is 0 Å². The first kappa shape index (κ1) is 12.1. The van der Waals surface area contributed by atoms with E-state index in [0.29, 0.717) is 0 Å².